The first-order valence-corrected chi connectivity index (χ1v) is 8.76. The van der Waals surface area contributed by atoms with E-state index in [1.54, 1.807) is 13.8 Å². The fourth-order valence-electron chi connectivity index (χ4n) is 2.54. The molecule has 0 aromatic heterocycles. The van der Waals surface area contributed by atoms with Gasteiger partial charge in [-0.3, -0.25) is 9.08 Å². The molecule has 1 aliphatic rings. The molecule has 1 rings (SSSR count). The lowest BCUT2D eigenvalue weighted by Gasteiger charge is -2.33. The summed E-state index contributed by atoms with van der Waals surface area (Å²) in [5.74, 6) is 0.107. The van der Waals surface area contributed by atoms with E-state index >= 15 is 0 Å². The normalized spacial score (nSPS) is 23.5. The molecule has 1 heterocycles. The van der Waals surface area contributed by atoms with Gasteiger partial charge in [-0.25, -0.2) is 4.79 Å². The lowest BCUT2D eigenvalue weighted by atomic mass is 9.90. The van der Waals surface area contributed by atoms with Gasteiger partial charge in [-0.2, -0.15) is 8.42 Å². The lowest BCUT2D eigenvalue weighted by molar-refractivity contribution is -0.0428. The highest BCUT2D eigenvalue weighted by atomic mass is 32.2. The van der Waals surface area contributed by atoms with Crippen molar-refractivity contribution in [2.45, 2.75) is 45.9 Å². The highest BCUT2D eigenvalue weighted by molar-refractivity contribution is 7.85. The highest BCUT2D eigenvalue weighted by Crippen LogP contribution is 2.32. The van der Waals surface area contributed by atoms with Crippen LogP contribution in [0.4, 0.5) is 4.79 Å². The van der Waals surface area contributed by atoms with Gasteiger partial charge in [0.05, 0.1) is 25.5 Å². The molecule has 0 saturated carbocycles. The van der Waals surface area contributed by atoms with Crippen LogP contribution in [0.25, 0.3) is 0 Å². The van der Waals surface area contributed by atoms with Crippen LogP contribution in [0.5, 0.6) is 0 Å². The number of rotatable bonds is 6. The smallest absolute Gasteiger partial charge is 0.409 e. The van der Waals surface area contributed by atoms with Gasteiger partial charge in [0.25, 0.3) is 10.1 Å². The van der Waals surface area contributed by atoms with E-state index < -0.39 is 21.9 Å². The molecule has 7 nitrogen and oxygen atoms in total. The third-order valence-electron chi connectivity index (χ3n) is 3.79. The van der Waals surface area contributed by atoms with Crippen molar-refractivity contribution >= 4 is 16.2 Å². The standard InChI is InChI=1S/C13H25NO6S/c1-9(2)10(7-20-21(5,17)18)6-11-8-19-13(3,4)14(11)12(15)16/h9-11H,6-8H2,1-5H3,(H,15,16)/t10-,11+/m1/s1. The summed E-state index contributed by atoms with van der Waals surface area (Å²) in [7, 11) is -3.50. The molecular formula is C13H25NO6S. The topological polar surface area (TPSA) is 93.1 Å². The Morgan fingerprint density at radius 1 is 1.48 bits per heavy atom. The summed E-state index contributed by atoms with van der Waals surface area (Å²) in [6, 6.07) is -0.298. The number of hydrogen-bond donors (Lipinski definition) is 1. The molecule has 1 amide bonds. The van der Waals surface area contributed by atoms with Crippen molar-refractivity contribution in [1.29, 1.82) is 0 Å². The fraction of sp³-hybridized carbons (Fsp3) is 0.923. The van der Waals surface area contributed by atoms with Crippen LogP contribution >= 0.6 is 0 Å². The Morgan fingerprint density at radius 2 is 2.05 bits per heavy atom. The van der Waals surface area contributed by atoms with Crippen LogP contribution in [0.3, 0.4) is 0 Å². The Labute approximate surface area is 126 Å². The first kappa shape index (κ1) is 18.2. The minimum absolute atomic E-state index is 0.0564. The number of nitrogens with zero attached hydrogens (tertiary/aromatic N) is 1. The van der Waals surface area contributed by atoms with Crippen molar-refractivity contribution in [3.63, 3.8) is 0 Å². The van der Waals surface area contributed by atoms with Crippen molar-refractivity contribution in [2.24, 2.45) is 11.8 Å². The molecule has 21 heavy (non-hydrogen) atoms. The third-order valence-corrected chi connectivity index (χ3v) is 4.36. The van der Waals surface area contributed by atoms with Crippen LogP contribution < -0.4 is 0 Å². The molecule has 0 spiro atoms. The van der Waals surface area contributed by atoms with Gasteiger partial charge in [-0.05, 0) is 32.1 Å². The molecule has 1 fully saturated rings. The SMILES string of the molecule is CC(C)[C@@H](COS(C)(=O)=O)C[C@H]1COC(C)(C)N1C(=O)O. The second-order valence-corrected chi connectivity index (χ2v) is 7.94. The Balaban J connectivity index is 2.77. The van der Waals surface area contributed by atoms with Gasteiger partial charge < -0.3 is 9.84 Å². The van der Waals surface area contributed by atoms with Gasteiger partial charge in [0.2, 0.25) is 0 Å². The molecule has 1 N–H and O–H groups in total. The van der Waals surface area contributed by atoms with Gasteiger partial charge in [0.1, 0.15) is 5.72 Å². The average Bonchev–Trinajstić information content (AvgIpc) is 2.57. The van der Waals surface area contributed by atoms with E-state index in [9.17, 15) is 18.3 Å². The number of hydrogen-bond acceptors (Lipinski definition) is 5. The summed E-state index contributed by atoms with van der Waals surface area (Å²) in [5, 5.41) is 9.35. The zero-order chi connectivity index (χ0) is 16.4. The third kappa shape index (κ3) is 5.12. The Kier molecular flexibility index (Phi) is 5.63. The average molecular weight is 323 g/mol. The number of carboxylic acid groups (broad SMARTS) is 1. The van der Waals surface area contributed by atoms with E-state index in [1.807, 2.05) is 13.8 Å². The summed E-state index contributed by atoms with van der Waals surface area (Å²) in [4.78, 5) is 12.7. The van der Waals surface area contributed by atoms with Crippen LogP contribution in [0.15, 0.2) is 0 Å². The first-order chi connectivity index (χ1) is 9.44. The number of amides is 1. The van der Waals surface area contributed by atoms with Gasteiger partial charge in [0, 0.05) is 0 Å². The van der Waals surface area contributed by atoms with E-state index in [2.05, 4.69) is 0 Å². The van der Waals surface area contributed by atoms with Gasteiger partial charge in [0.15, 0.2) is 0 Å². The maximum absolute atomic E-state index is 11.4. The van der Waals surface area contributed by atoms with Crippen LogP contribution in [-0.4, -0.2) is 55.8 Å². The molecule has 124 valence electrons. The molecule has 0 aromatic carbocycles. The molecule has 2 atom stereocenters. The zero-order valence-corrected chi connectivity index (χ0v) is 14.0. The fourth-order valence-corrected chi connectivity index (χ4v) is 2.96. The minimum Gasteiger partial charge on any atom is -0.465 e. The Hall–Kier alpha value is -0.860. The number of carbonyl (C=O) groups is 1. The first-order valence-electron chi connectivity index (χ1n) is 6.94. The molecule has 0 aliphatic carbocycles. The van der Waals surface area contributed by atoms with Gasteiger partial charge in [-0.15, -0.1) is 0 Å². The summed E-state index contributed by atoms with van der Waals surface area (Å²) >= 11 is 0. The molecule has 0 bridgehead atoms. The van der Waals surface area contributed by atoms with Crippen molar-refractivity contribution < 1.29 is 27.2 Å². The molecule has 0 aromatic rings. The monoisotopic (exact) mass is 323 g/mol. The van der Waals surface area contributed by atoms with Crippen LogP contribution in [0.2, 0.25) is 0 Å². The Morgan fingerprint density at radius 3 is 2.48 bits per heavy atom. The molecular weight excluding hydrogens is 298 g/mol. The molecule has 8 heteroatoms. The summed E-state index contributed by atoms with van der Waals surface area (Å²) in [5.41, 5.74) is -0.865. The Bertz CT molecular complexity index is 473. The number of ether oxygens (including phenoxy) is 1. The molecule has 1 aliphatic heterocycles. The van der Waals surface area contributed by atoms with Crippen molar-refractivity contribution in [3.8, 4) is 0 Å². The lowest BCUT2D eigenvalue weighted by Crippen LogP contribution is -2.48. The minimum atomic E-state index is -3.50. The predicted octanol–water partition coefficient (Wildman–Crippen LogP) is 1.74. The van der Waals surface area contributed by atoms with E-state index in [4.69, 9.17) is 8.92 Å². The highest BCUT2D eigenvalue weighted by Gasteiger charge is 2.44. The summed E-state index contributed by atoms with van der Waals surface area (Å²) in [6.45, 7) is 7.70. The van der Waals surface area contributed by atoms with Crippen LogP contribution in [0, 0.1) is 11.8 Å². The van der Waals surface area contributed by atoms with Gasteiger partial charge in [-0.1, -0.05) is 13.8 Å². The maximum Gasteiger partial charge on any atom is 0.409 e. The molecule has 0 unspecified atom stereocenters. The molecule has 0 radical (unpaired) electrons. The van der Waals surface area contributed by atoms with Crippen LogP contribution in [0.1, 0.15) is 34.1 Å². The van der Waals surface area contributed by atoms with E-state index in [1.165, 1.54) is 4.90 Å². The van der Waals surface area contributed by atoms with Gasteiger partial charge >= 0.3 is 6.09 Å². The van der Waals surface area contributed by atoms with Crippen molar-refractivity contribution in [3.05, 3.63) is 0 Å². The summed E-state index contributed by atoms with van der Waals surface area (Å²) in [6.07, 6.45) is 0.479. The van der Waals surface area contributed by atoms with E-state index in [0.717, 1.165) is 6.26 Å². The van der Waals surface area contributed by atoms with Crippen LogP contribution in [-0.2, 0) is 19.0 Å². The quantitative estimate of drug-likeness (QED) is 0.748. The van der Waals surface area contributed by atoms with Crippen molar-refractivity contribution in [1.82, 2.24) is 4.90 Å². The van der Waals surface area contributed by atoms with E-state index in [0.29, 0.717) is 13.0 Å². The largest absolute Gasteiger partial charge is 0.465 e. The molecule has 1 saturated heterocycles. The van der Waals surface area contributed by atoms with Crippen molar-refractivity contribution in [2.75, 3.05) is 19.5 Å². The predicted molar refractivity (Wildman–Crippen MR) is 77.4 cm³/mol. The van der Waals surface area contributed by atoms with E-state index in [-0.39, 0.29) is 24.5 Å². The maximum atomic E-state index is 11.4. The zero-order valence-electron chi connectivity index (χ0n) is 13.2. The second-order valence-electron chi connectivity index (χ2n) is 6.29. The summed E-state index contributed by atoms with van der Waals surface area (Å²) < 4.78 is 32.7. The second kappa shape index (κ2) is 6.50.